The van der Waals surface area contributed by atoms with Crippen LogP contribution in [0.2, 0.25) is 0 Å². The minimum absolute atomic E-state index is 0.431. The predicted octanol–water partition coefficient (Wildman–Crippen LogP) is 16.9. The highest BCUT2D eigenvalue weighted by Gasteiger charge is 2.55. The van der Waals surface area contributed by atoms with E-state index in [4.69, 9.17) is 0 Å². The van der Waals surface area contributed by atoms with Crippen molar-refractivity contribution in [2.24, 2.45) is 5.92 Å². The van der Waals surface area contributed by atoms with Crippen molar-refractivity contribution in [3.63, 3.8) is 0 Å². The van der Waals surface area contributed by atoms with Gasteiger partial charge < -0.3 is 0 Å². The molecule has 64 heavy (non-hydrogen) atoms. The maximum absolute atomic E-state index is 2.55. The summed E-state index contributed by atoms with van der Waals surface area (Å²) in [5, 5.41) is 10.4. The first-order chi connectivity index (χ1) is 31.7. The van der Waals surface area contributed by atoms with Crippen LogP contribution in [0.4, 0.5) is 0 Å². The summed E-state index contributed by atoms with van der Waals surface area (Å²) in [6.45, 7) is 2.44. The number of benzene rings is 10. The number of hydrogen-bond donors (Lipinski definition) is 0. The van der Waals surface area contributed by atoms with Crippen LogP contribution in [0, 0.1) is 5.92 Å². The van der Waals surface area contributed by atoms with E-state index >= 15 is 0 Å². The van der Waals surface area contributed by atoms with E-state index in [-0.39, 0.29) is 0 Å². The lowest BCUT2D eigenvalue weighted by atomic mass is 9.67. The molecule has 0 N–H and O–H groups in total. The van der Waals surface area contributed by atoms with Gasteiger partial charge in [0.1, 0.15) is 0 Å². The fourth-order valence-electron chi connectivity index (χ4n) is 12.9. The first-order valence-electron chi connectivity index (χ1n) is 23.1. The number of rotatable bonds is 3. The second kappa shape index (κ2) is 13.5. The Morgan fingerprint density at radius 2 is 1.05 bits per heavy atom. The number of fused-ring (bicyclic) bond motifs is 18. The molecule has 0 aromatic heterocycles. The van der Waals surface area contributed by atoms with Gasteiger partial charge in [-0.3, -0.25) is 0 Å². The zero-order chi connectivity index (χ0) is 42.1. The molecule has 0 saturated heterocycles. The molecule has 0 amide bonds. The van der Waals surface area contributed by atoms with E-state index in [0.717, 1.165) is 19.3 Å². The molecule has 14 rings (SSSR count). The molecule has 4 aliphatic rings. The highest BCUT2D eigenvalue weighted by Crippen LogP contribution is 2.67. The largest absolute Gasteiger partial charge is 0.0836 e. The summed E-state index contributed by atoms with van der Waals surface area (Å²) in [5.74, 6) is 0.438. The van der Waals surface area contributed by atoms with Gasteiger partial charge in [-0.15, -0.1) is 0 Å². The van der Waals surface area contributed by atoms with Gasteiger partial charge >= 0.3 is 0 Å². The molecule has 0 aliphatic heterocycles. The highest BCUT2D eigenvalue weighted by atomic mass is 14.6. The molecular formula is C64H44. The van der Waals surface area contributed by atoms with Crippen molar-refractivity contribution in [1.82, 2.24) is 0 Å². The average molecular weight is 813 g/mol. The van der Waals surface area contributed by atoms with Crippen molar-refractivity contribution in [3.05, 3.63) is 239 Å². The Morgan fingerprint density at radius 3 is 1.80 bits per heavy atom. The lowest BCUT2D eigenvalue weighted by Gasteiger charge is -2.34. The number of allylic oxidation sites excluding steroid dienone is 5. The number of hydrogen-bond acceptors (Lipinski definition) is 0. The molecule has 10 aromatic rings. The van der Waals surface area contributed by atoms with Crippen LogP contribution in [-0.2, 0) is 11.8 Å². The zero-order valence-corrected chi connectivity index (χ0v) is 35.8. The van der Waals surface area contributed by atoms with E-state index in [1.165, 1.54) is 132 Å². The summed E-state index contributed by atoms with van der Waals surface area (Å²) in [6.07, 6.45) is 13.0. The van der Waals surface area contributed by atoms with E-state index in [9.17, 15) is 0 Å². The van der Waals surface area contributed by atoms with E-state index in [1.54, 1.807) is 0 Å². The Morgan fingerprint density at radius 1 is 0.422 bits per heavy atom. The molecule has 0 saturated carbocycles. The van der Waals surface area contributed by atoms with Crippen LogP contribution in [-0.4, -0.2) is 0 Å². The summed E-state index contributed by atoms with van der Waals surface area (Å²) in [6, 6.07) is 69.2. The molecule has 10 aromatic carbocycles. The van der Waals surface area contributed by atoms with Crippen LogP contribution in [0.1, 0.15) is 53.1 Å². The topological polar surface area (TPSA) is 0 Å². The second-order valence-electron chi connectivity index (χ2n) is 18.5. The molecule has 300 valence electrons. The summed E-state index contributed by atoms with van der Waals surface area (Å²) in [7, 11) is 0. The second-order valence-corrected chi connectivity index (χ2v) is 18.5. The third kappa shape index (κ3) is 4.68. The molecule has 1 spiro atoms. The van der Waals surface area contributed by atoms with E-state index in [0.29, 0.717) is 5.92 Å². The van der Waals surface area contributed by atoms with E-state index in [1.807, 2.05) is 0 Å². The first-order valence-corrected chi connectivity index (χ1v) is 23.1. The fourth-order valence-corrected chi connectivity index (χ4v) is 12.9. The van der Waals surface area contributed by atoms with Gasteiger partial charge in [0.05, 0.1) is 5.41 Å². The van der Waals surface area contributed by atoms with Crippen molar-refractivity contribution < 1.29 is 0 Å². The first kappa shape index (κ1) is 36.0. The average Bonchev–Trinajstić information content (AvgIpc) is 3.85. The third-order valence-electron chi connectivity index (χ3n) is 15.3. The van der Waals surface area contributed by atoms with Crippen molar-refractivity contribution >= 4 is 54.7 Å². The molecular weight excluding hydrogens is 769 g/mol. The van der Waals surface area contributed by atoms with Crippen LogP contribution >= 0.6 is 0 Å². The van der Waals surface area contributed by atoms with Crippen LogP contribution in [0.25, 0.3) is 99.2 Å². The van der Waals surface area contributed by atoms with Gasteiger partial charge in [0.2, 0.25) is 0 Å². The van der Waals surface area contributed by atoms with Crippen molar-refractivity contribution in [2.45, 2.75) is 31.6 Å². The summed E-state index contributed by atoms with van der Waals surface area (Å²) in [4.78, 5) is 0. The Balaban J connectivity index is 1.11. The van der Waals surface area contributed by atoms with Gasteiger partial charge in [0.25, 0.3) is 0 Å². The van der Waals surface area contributed by atoms with Crippen molar-refractivity contribution in [2.75, 3.05) is 0 Å². The third-order valence-corrected chi connectivity index (χ3v) is 15.3. The predicted molar refractivity (Wildman–Crippen MR) is 272 cm³/mol. The van der Waals surface area contributed by atoms with Gasteiger partial charge in [-0.25, -0.2) is 0 Å². The van der Waals surface area contributed by atoms with Crippen LogP contribution < -0.4 is 0 Å². The minimum Gasteiger partial charge on any atom is -0.0836 e. The van der Waals surface area contributed by atoms with Gasteiger partial charge in [-0.05, 0) is 163 Å². The van der Waals surface area contributed by atoms with Crippen molar-refractivity contribution in [1.29, 1.82) is 0 Å². The lowest BCUT2D eigenvalue weighted by Crippen LogP contribution is -2.28. The standard InChI is InChI=1S/C64H44/c1-39-18-17-33-56-58(39)53-31-15-16-32-55(53)64(56)57-37-35-41-21-5-6-23-44(41)61(57)62-47-26-10-8-24-45(47)54-38-42(34-36-52(54)63(62)64)59-48-27-11-13-29-50(48)60(51-30-14-12-28-49(51)59)46-25-9-7-22-43(46)40-19-3-2-4-20-40/h2-4,6-17,19-20,22-39H,5,18,21H2,1H3. The maximum atomic E-state index is 2.55. The maximum Gasteiger partial charge on any atom is 0.0728 e. The summed E-state index contributed by atoms with van der Waals surface area (Å²) < 4.78 is 0. The molecule has 0 bridgehead atoms. The molecule has 0 radical (unpaired) electrons. The quantitative estimate of drug-likeness (QED) is 0.123. The molecule has 2 atom stereocenters. The smallest absolute Gasteiger partial charge is 0.0728 e. The molecule has 4 aliphatic carbocycles. The highest BCUT2D eigenvalue weighted by molar-refractivity contribution is 6.25. The Labute approximate surface area is 374 Å². The Hall–Kier alpha value is -7.54. The monoisotopic (exact) mass is 812 g/mol. The fraction of sp³-hybridized carbons (Fsp3) is 0.0938. The normalized spacial score (nSPS) is 17.9. The van der Waals surface area contributed by atoms with Gasteiger partial charge in [0.15, 0.2) is 0 Å². The van der Waals surface area contributed by atoms with Crippen LogP contribution in [0.5, 0.6) is 0 Å². The summed E-state index contributed by atoms with van der Waals surface area (Å²) in [5.41, 5.74) is 21.6. The molecule has 0 fully saturated rings. The molecule has 0 heteroatoms. The minimum atomic E-state index is -0.431. The summed E-state index contributed by atoms with van der Waals surface area (Å²) >= 11 is 0. The van der Waals surface area contributed by atoms with E-state index in [2.05, 4.69) is 213 Å². The molecule has 2 unspecified atom stereocenters. The molecule has 0 heterocycles. The Kier molecular flexibility index (Phi) is 7.58. The van der Waals surface area contributed by atoms with Crippen LogP contribution in [0.15, 0.2) is 206 Å². The molecule has 0 nitrogen and oxygen atoms in total. The van der Waals surface area contributed by atoms with Gasteiger partial charge in [-0.1, -0.05) is 207 Å². The Bertz CT molecular complexity index is 3700. The lowest BCUT2D eigenvalue weighted by molar-refractivity contribution is 0.733. The van der Waals surface area contributed by atoms with Crippen molar-refractivity contribution in [3.8, 4) is 44.5 Å². The van der Waals surface area contributed by atoms with E-state index < -0.39 is 5.41 Å². The SMILES string of the molecule is CC1CC=CC2=C1c1ccccc1C21c2ccc3c(c2-c2c1c1ccc(-c4c5ccccc5c(-c5ccccc5-c5ccccc5)c5ccccc45)cc1c1ccccc21)C=CCC3. The van der Waals surface area contributed by atoms with Crippen LogP contribution in [0.3, 0.4) is 0 Å². The number of aryl methyl sites for hydroxylation is 1. The van der Waals surface area contributed by atoms with Gasteiger partial charge in [0, 0.05) is 0 Å². The zero-order valence-electron chi connectivity index (χ0n) is 35.8. The van der Waals surface area contributed by atoms with Gasteiger partial charge in [-0.2, -0.15) is 0 Å².